The lowest BCUT2D eigenvalue weighted by molar-refractivity contribution is 0.0301. The van der Waals surface area contributed by atoms with E-state index in [4.69, 9.17) is 4.74 Å². The molecule has 1 saturated heterocycles. The molecule has 4 heteroatoms. The van der Waals surface area contributed by atoms with E-state index in [-0.39, 0.29) is 5.54 Å². The SMILES string of the molecule is CC1(n2cncc2-c2cccc3c2NCC3)CCOCC1. The molecule has 1 fully saturated rings. The van der Waals surface area contributed by atoms with Gasteiger partial charge in [-0.3, -0.25) is 0 Å². The van der Waals surface area contributed by atoms with E-state index in [1.165, 1.54) is 22.5 Å². The minimum Gasteiger partial charge on any atom is -0.384 e. The van der Waals surface area contributed by atoms with Crippen molar-refractivity contribution in [3.63, 3.8) is 0 Å². The van der Waals surface area contributed by atoms with Gasteiger partial charge in [0.2, 0.25) is 0 Å². The van der Waals surface area contributed by atoms with Gasteiger partial charge in [0.25, 0.3) is 0 Å². The number of ether oxygens (including phenoxy) is 1. The zero-order valence-corrected chi connectivity index (χ0v) is 12.4. The normalized spacial score (nSPS) is 20.0. The van der Waals surface area contributed by atoms with E-state index in [0.29, 0.717) is 0 Å². The van der Waals surface area contributed by atoms with Crippen molar-refractivity contribution in [2.24, 2.45) is 0 Å². The summed E-state index contributed by atoms with van der Waals surface area (Å²) in [6, 6.07) is 6.58. The van der Waals surface area contributed by atoms with Crippen LogP contribution in [0.2, 0.25) is 0 Å². The molecule has 2 aliphatic heterocycles. The Hall–Kier alpha value is -1.81. The third-order valence-electron chi connectivity index (χ3n) is 4.91. The van der Waals surface area contributed by atoms with Crippen LogP contribution in [-0.2, 0) is 16.7 Å². The van der Waals surface area contributed by atoms with Crippen molar-refractivity contribution < 1.29 is 4.74 Å². The zero-order valence-electron chi connectivity index (χ0n) is 12.4. The summed E-state index contributed by atoms with van der Waals surface area (Å²) >= 11 is 0. The number of anilines is 1. The van der Waals surface area contributed by atoms with Gasteiger partial charge in [0.15, 0.2) is 0 Å². The van der Waals surface area contributed by atoms with Gasteiger partial charge in [0, 0.05) is 36.5 Å². The van der Waals surface area contributed by atoms with Gasteiger partial charge in [-0.25, -0.2) is 4.98 Å². The van der Waals surface area contributed by atoms with Crippen molar-refractivity contribution in [3.05, 3.63) is 36.3 Å². The highest BCUT2D eigenvalue weighted by Crippen LogP contribution is 2.38. The van der Waals surface area contributed by atoms with Crippen molar-refractivity contribution in [2.45, 2.75) is 31.7 Å². The second kappa shape index (κ2) is 4.88. The van der Waals surface area contributed by atoms with Gasteiger partial charge in [-0.05, 0) is 31.7 Å². The van der Waals surface area contributed by atoms with Crippen molar-refractivity contribution in [1.29, 1.82) is 0 Å². The highest BCUT2D eigenvalue weighted by Gasteiger charge is 2.31. The molecule has 0 amide bonds. The number of para-hydroxylation sites is 1. The molecule has 21 heavy (non-hydrogen) atoms. The Balaban J connectivity index is 1.81. The molecule has 0 spiro atoms. The molecule has 0 bridgehead atoms. The average Bonchev–Trinajstić information content (AvgIpc) is 3.17. The summed E-state index contributed by atoms with van der Waals surface area (Å²) in [5.74, 6) is 0. The number of benzene rings is 1. The molecule has 3 heterocycles. The van der Waals surface area contributed by atoms with E-state index in [1.807, 2.05) is 12.5 Å². The number of rotatable bonds is 2. The number of fused-ring (bicyclic) bond motifs is 1. The predicted molar refractivity (Wildman–Crippen MR) is 83.6 cm³/mol. The molecule has 4 nitrogen and oxygen atoms in total. The fourth-order valence-corrected chi connectivity index (χ4v) is 3.53. The van der Waals surface area contributed by atoms with Gasteiger partial charge in [-0.15, -0.1) is 0 Å². The number of nitrogens with zero attached hydrogens (tertiary/aromatic N) is 2. The van der Waals surface area contributed by atoms with Gasteiger partial charge < -0.3 is 14.6 Å². The van der Waals surface area contributed by atoms with Crippen molar-refractivity contribution >= 4 is 5.69 Å². The number of aromatic nitrogens is 2. The van der Waals surface area contributed by atoms with Crippen LogP contribution in [0.25, 0.3) is 11.3 Å². The fourth-order valence-electron chi connectivity index (χ4n) is 3.53. The Labute approximate surface area is 125 Å². The molecular weight excluding hydrogens is 262 g/mol. The van der Waals surface area contributed by atoms with Crippen LogP contribution in [0.1, 0.15) is 25.3 Å². The maximum absolute atomic E-state index is 5.54. The zero-order chi connectivity index (χ0) is 14.3. The molecule has 2 aromatic rings. The van der Waals surface area contributed by atoms with Crippen LogP contribution in [0.15, 0.2) is 30.7 Å². The molecule has 1 N–H and O–H groups in total. The quantitative estimate of drug-likeness (QED) is 0.920. The lowest BCUT2D eigenvalue weighted by atomic mass is 9.91. The third-order valence-corrected chi connectivity index (χ3v) is 4.91. The lowest BCUT2D eigenvalue weighted by Crippen LogP contribution is -2.36. The first-order valence-electron chi connectivity index (χ1n) is 7.75. The molecule has 0 saturated carbocycles. The van der Waals surface area contributed by atoms with Crippen molar-refractivity contribution in [2.75, 3.05) is 25.1 Å². The molecule has 1 aromatic carbocycles. The van der Waals surface area contributed by atoms with Crippen molar-refractivity contribution in [3.8, 4) is 11.3 Å². The van der Waals surface area contributed by atoms with Gasteiger partial charge in [-0.1, -0.05) is 18.2 Å². The summed E-state index contributed by atoms with van der Waals surface area (Å²) in [6.07, 6.45) is 7.17. The van der Waals surface area contributed by atoms with Crippen LogP contribution in [0.3, 0.4) is 0 Å². The maximum Gasteiger partial charge on any atom is 0.0956 e. The van der Waals surface area contributed by atoms with Crippen LogP contribution >= 0.6 is 0 Å². The van der Waals surface area contributed by atoms with Crippen LogP contribution in [0, 0.1) is 0 Å². The van der Waals surface area contributed by atoms with Crippen LogP contribution < -0.4 is 5.32 Å². The van der Waals surface area contributed by atoms with Crippen molar-refractivity contribution in [1.82, 2.24) is 9.55 Å². The summed E-state index contributed by atoms with van der Waals surface area (Å²) in [6.45, 7) is 5.02. The minimum atomic E-state index is 0.103. The summed E-state index contributed by atoms with van der Waals surface area (Å²) in [5.41, 5.74) is 5.29. The molecule has 0 radical (unpaired) electrons. The average molecular weight is 283 g/mol. The first-order valence-corrected chi connectivity index (χ1v) is 7.75. The second-order valence-corrected chi connectivity index (χ2v) is 6.27. The van der Waals surface area contributed by atoms with Gasteiger partial charge >= 0.3 is 0 Å². The van der Waals surface area contributed by atoms with Crippen LogP contribution in [-0.4, -0.2) is 29.3 Å². The fraction of sp³-hybridized carbons (Fsp3) is 0.471. The standard InChI is InChI=1S/C17H21N3O/c1-17(6-9-21-10-7-17)20-12-18-11-15(20)14-4-2-3-13-5-8-19-16(13)14/h2-4,11-12,19H,5-10H2,1H3. The Kier molecular flexibility index (Phi) is 3.00. The molecule has 1 aromatic heterocycles. The topological polar surface area (TPSA) is 39.1 Å². The van der Waals surface area contributed by atoms with E-state index >= 15 is 0 Å². The summed E-state index contributed by atoms with van der Waals surface area (Å²) in [4.78, 5) is 4.44. The molecule has 0 atom stereocenters. The Bertz CT molecular complexity index is 656. The first kappa shape index (κ1) is 12.9. The monoisotopic (exact) mass is 283 g/mol. The minimum absolute atomic E-state index is 0.103. The summed E-state index contributed by atoms with van der Waals surface area (Å²) in [7, 11) is 0. The Morgan fingerprint density at radius 1 is 1.29 bits per heavy atom. The highest BCUT2D eigenvalue weighted by atomic mass is 16.5. The van der Waals surface area contributed by atoms with E-state index in [2.05, 4.69) is 40.0 Å². The van der Waals surface area contributed by atoms with E-state index in [9.17, 15) is 0 Å². The van der Waals surface area contributed by atoms with Gasteiger partial charge in [-0.2, -0.15) is 0 Å². The molecular formula is C17H21N3O. The molecule has 4 rings (SSSR count). The van der Waals surface area contributed by atoms with Gasteiger partial charge in [0.05, 0.1) is 18.2 Å². The largest absolute Gasteiger partial charge is 0.384 e. The van der Waals surface area contributed by atoms with E-state index < -0.39 is 0 Å². The first-order chi connectivity index (χ1) is 10.3. The molecule has 0 unspecified atom stereocenters. The number of imidazole rings is 1. The third kappa shape index (κ3) is 2.05. The number of nitrogens with one attached hydrogen (secondary N) is 1. The summed E-state index contributed by atoms with van der Waals surface area (Å²) < 4.78 is 7.89. The number of hydrogen-bond donors (Lipinski definition) is 1. The highest BCUT2D eigenvalue weighted by molar-refractivity contribution is 5.80. The lowest BCUT2D eigenvalue weighted by Gasteiger charge is -2.36. The van der Waals surface area contributed by atoms with E-state index in [1.54, 1.807) is 0 Å². The van der Waals surface area contributed by atoms with E-state index in [0.717, 1.165) is 39.0 Å². The predicted octanol–water partition coefficient (Wildman–Crippen LogP) is 3.04. The molecule has 110 valence electrons. The molecule has 0 aliphatic carbocycles. The second-order valence-electron chi connectivity index (χ2n) is 6.27. The van der Waals surface area contributed by atoms with Gasteiger partial charge in [0.1, 0.15) is 0 Å². The Morgan fingerprint density at radius 2 is 2.14 bits per heavy atom. The maximum atomic E-state index is 5.54. The van der Waals surface area contributed by atoms with Crippen LogP contribution in [0.5, 0.6) is 0 Å². The Morgan fingerprint density at radius 3 is 3.00 bits per heavy atom. The smallest absolute Gasteiger partial charge is 0.0956 e. The summed E-state index contributed by atoms with van der Waals surface area (Å²) in [5, 5.41) is 3.53. The van der Waals surface area contributed by atoms with Crippen LogP contribution in [0.4, 0.5) is 5.69 Å². The number of hydrogen-bond acceptors (Lipinski definition) is 3. The molecule has 2 aliphatic rings.